The van der Waals surface area contributed by atoms with Gasteiger partial charge >= 0.3 is 0 Å². The first-order valence-electron chi connectivity index (χ1n) is 6.58. The van der Waals surface area contributed by atoms with Crippen molar-refractivity contribution in [2.75, 3.05) is 0 Å². The topological polar surface area (TPSA) is 17.1 Å². The van der Waals surface area contributed by atoms with Crippen LogP contribution in [0.15, 0.2) is 11.6 Å². The molecule has 0 aromatic carbocycles. The van der Waals surface area contributed by atoms with Gasteiger partial charge in [0.25, 0.3) is 0 Å². The Labute approximate surface area is 99.3 Å². The molecule has 0 saturated heterocycles. The number of hydrogen-bond acceptors (Lipinski definition) is 1. The number of carbonyl (C=O) groups is 1. The fourth-order valence-corrected chi connectivity index (χ4v) is 4.00. The maximum atomic E-state index is 12.7. The van der Waals surface area contributed by atoms with Gasteiger partial charge in [0.2, 0.25) is 0 Å². The Balaban J connectivity index is 2.32. The number of carbonyl (C=O) groups excluding carboxylic acids is 1. The Morgan fingerprint density at radius 2 is 2.00 bits per heavy atom. The highest BCUT2D eigenvalue weighted by Gasteiger charge is 2.49. The minimum absolute atomic E-state index is 0.0139. The van der Waals surface area contributed by atoms with Crippen molar-refractivity contribution in [2.24, 2.45) is 16.7 Å². The molecule has 90 valence electrons. The summed E-state index contributed by atoms with van der Waals surface area (Å²) in [5, 5.41) is 0. The Hall–Kier alpha value is -0.590. The molecule has 2 atom stereocenters. The summed E-state index contributed by atoms with van der Waals surface area (Å²) in [6, 6.07) is 0. The van der Waals surface area contributed by atoms with E-state index >= 15 is 0 Å². The lowest BCUT2D eigenvalue weighted by molar-refractivity contribution is -0.143. The zero-order chi connectivity index (χ0) is 12.0. The summed E-state index contributed by atoms with van der Waals surface area (Å²) in [7, 11) is 0. The first kappa shape index (κ1) is 11.9. The van der Waals surface area contributed by atoms with E-state index < -0.39 is 0 Å². The molecule has 0 aliphatic heterocycles. The van der Waals surface area contributed by atoms with Gasteiger partial charge in [0.1, 0.15) is 5.78 Å². The van der Waals surface area contributed by atoms with Gasteiger partial charge in [0.15, 0.2) is 0 Å². The number of allylic oxidation sites excluding steroid dienone is 2. The quantitative estimate of drug-likeness (QED) is 0.561. The molecule has 16 heavy (non-hydrogen) atoms. The summed E-state index contributed by atoms with van der Waals surface area (Å²) < 4.78 is 0. The Kier molecular flexibility index (Phi) is 2.76. The van der Waals surface area contributed by atoms with Crippen LogP contribution in [0.25, 0.3) is 0 Å². The molecule has 2 aliphatic rings. The Morgan fingerprint density at radius 1 is 1.31 bits per heavy atom. The fourth-order valence-electron chi connectivity index (χ4n) is 4.00. The van der Waals surface area contributed by atoms with Crippen molar-refractivity contribution < 1.29 is 4.79 Å². The first-order chi connectivity index (χ1) is 7.36. The van der Waals surface area contributed by atoms with E-state index in [0.717, 1.165) is 25.7 Å². The second-order valence-electron chi connectivity index (χ2n) is 6.72. The minimum atomic E-state index is -0.0877. The predicted octanol–water partition coefficient (Wildman–Crippen LogP) is 4.13. The van der Waals surface area contributed by atoms with Gasteiger partial charge in [-0.15, -0.1) is 0 Å². The van der Waals surface area contributed by atoms with Crippen LogP contribution in [0.2, 0.25) is 0 Å². The number of rotatable bonds is 0. The van der Waals surface area contributed by atoms with E-state index in [1.807, 2.05) is 0 Å². The average Bonchev–Trinajstić information content (AvgIpc) is 2.12. The van der Waals surface area contributed by atoms with E-state index in [9.17, 15) is 4.79 Å². The molecule has 0 radical (unpaired) electrons. The summed E-state index contributed by atoms with van der Waals surface area (Å²) in [6.45, 7) is 8.70. The average molecular weight is 220 g/mol. The molecule has 1 heteroatoms. The zero-order valence-electron chi connectivity index (χ0n) is 11.1. The molecule has 0 N–H and O–H groups in total. The SMILES string of the molecule is CC1=C[C@@H](C)C[C@]2(CCCC(C)(C)C2=O)C1. The second-order valence-corrected chi connectivity index (χ2v) is 6.72. The summed E-state index contributed by atoms with van der Waals surface area (Å²) in [5.41, 5.74) is 1.32. The van der Waals surface area contributed by atoms with Gasteiger partial charge in [-0.1, -0.05) is 38.8 Å². The Bertz CT molecular complexity index is 337. The fraction of sp³-hybridized carbons (Fsp3) is 0.800. The van der Waals surface area contributed by atoms with E-state index in [2.05, 4.69) is 33.8 Å². The lowest BCUT2D eigenvalue weighted by atomic mass is 9.56. The molecule has 2 rings (SSSR count). The molecule has 1 spiro atoms. The lowest BCUT2D eigenvalue weighted by Crippen LogP contribution is -2.46. The predicted molar refractivity (Wildman–Crippen MR) is 67.2 cm³/mol. The summed E-state index contributed by atoms with van der Waals surface area (Å²) >= 11 is 0. The molecule has 0 heterocycles. The molecule has 1 fully saturated rings. The van der Waals surface area contributed by atoms with Crippen LogP contribution in [0.1, 0.15) is 59.8 Å². The summed E-state index contributed by atoms with van der Waals surface area (Å²) in [4.78, 5) is 12.7. The van der Waals surface area contributed by atoms with Crippen molar-refractivity contribution in [3.05, 3.63) is 11.6 Å². The van der Waals surface area contributed by atoms with Gasteiger partial charge in [0.05, 0.1) is 0 Å². The number of Topliss-reactive ketones (excluding diaryl/α,β-unsaturated/α-hetero) is 1. The van der Waals surface area contributed by atoms with Crippen molar-refractivity contribution in [3.63, 3.8) is 0 Å². The normalized spacial score (nSPS) is 38.6. The monoisotopic (exact) mass is 220 g/mol. The van der Waals surface area contributed by atoms with Crippen molar-refractivity contribution in [3.8, 4) is 0 Å². The molecule has 1 saturated carbocycles. The van der Waals surface area contributed by atoms with E-state index in [0.29, 0.717) is 11.7 Å². The summed E-state index contributed by atoms with van der Waals surface area (Å²) in [5.74, 6) is 1.11. The van der Waals surface area contributed by atoms with Gasteiger partial charge in [-0.05, 0) is 38.5 Å². The second kappa shape index (κ2) is 3.72. The summed E-state index contributed by atoms with van der Waals surface area (Å²) in [6.07, 6.45) is 7.85. The molecule has 2 aliphatic carbocycles. The molecular weight excluding hydrogens is 196 g/mol. The van der Waals surface area contributed by atoms with Crippen LogP contribution in [-0.2, 0) is 4.79 Å². The van der Waals surface area contributed by atoms with Crippen LogP contribution in [0.5, 0.6) is 0 Å². The standard InChI is InChI=1S/C15H24O/c1-11-8-12(2)10-15(9-11)7-5-6-14(3,4)13(15)16/h8,11H,5-7,9-10H2,1-4H3/t11-,15-/m1/s1. The van der Waals surface area contributed by atoms with E-state index in [1.54, 1.807) is 0 Å². The maximum Gasteiger partial charge on any atom is 0.144 e. The van der Waals surface area contributed by atoms with Crippen molar-refractivity contribution in [1.82, 2.24) is 0 Å². The third-order valence-corrected chi connectivity index (χ3v) is 4.45. The van der Waals surface area contributed by atoms with E-state index in [1.165, 1.54) is 12.0 Å². The van der Waals surface area contributed by atoms with Gasteiger partial charge in [-0.25, -0.2) is 0 Å². The van der Waals surface area contributed by atoms with Crippen LogP contribution in [0.4, 0.5) is 0 Å². The van der Waals surface area contributed by atoms with Crippen molar-refractivity contribution in [2.45, 2.75) is 59.8 Å². The van der Waals surface area contributed by atoms with Crippen molar-refractivity contribution >= 4 is 5.78 Å². The van der Waals surface area contributed by atoms with Gasteiger partial charge in [-0.3, -0.25) is 4.79 Å². The smallest absolute Gasteiger partial charge is 0.144 e. The highest BCUT2D eigenvalue weighted by atomic mass is 16.1. The van der Waals surface area contributed by atoms with Gasteiger partial charge in [0, 0.05) is 10.8 Å². The molecule has 0 aromatic heterocycles. The highest BCUT2D eigenvalue weighted by Crippen LogP contribution is 2.51. The molecule has 0 unspecified atom stereocenters. The molecule has 0 bridgehead atoms. The van der Waals surface area contributed by atoms with Crippen LogP contribution in [-0.4, -0.2) is 5.78 Å². The molecular formula is C15H24O. The van der Waals surface area contributed by atoms with Crippen LogP contribution in [0.3, 0.4) is 0 Å². The molecule has 0 aromatic rings. The number of ketones is 1. The van der Waals surface area contributed by atoms with E-state index in [4.69, 9.17) is 0 Å². The Morgan fingerprint density at radius 3 is 2.62 bits per heavy atom. The number of hydrogen-bond donors (Lipinski definition) is 0. The lowest BCUT2D eigenvalue weighted by Gasteiger charge is -2.46. The van der Waals surface area contributed by atoms with Crippen LogP contribution < -0.4 is 0 Å². The molecule has 0 amide bonds. The van der Waals surface area contributed by atoms with Crippen molar-refractivity contribution in [1.29, 1.82) is 0 Å². The first-order valence-corrected chi connectivity index (χ1v) is 6.58. The van der Waals surface area contributed by atoms with E-state index in [-0.39, 0.29) is 10.8 Å². The zero-order valence-corrected chi connectivity index (χ0v) is 11.1. The highest BCUT2D eigenvalue weighted by molar-refractivity contribution is 5.90. The largest absolute Gasteiger partial charge is 0.298 e. The maximum absolute atomic E-state index is 12.7. The third-order valence-electron chi connectivity index (χ3n) is 4.45. The molecule has 1 nitrogen and oxygen atoms in total. The van der Waals surface area contributed by atoms with Crippen LogP contribution in [0, 0.1) is 16.7 Å². The third kappa shape index (κ3) is 1.85. The van der Waals surface area contributed by atoms with Crippen LogP contribution >= 0.6 is 0 Å². The minimum Gasteiger partial charge on any atom is -0.298 e. The van der Waals surface area contributed by atoms with Gasteiger partial charge < -0.3 is 0 Å². The van der Waals surface area contributed by atoms with Gasteiger partial charge in [-0.2, -0.15) is 0 Å².